The smallest absolute Gasteiger partial charge is 0.421 e. The summed E-state index contributed by atoms with van der Waals surface area (Å²) in [6.45, 7) is 0. The molecule has 0 aliphatic heterocycles. The topological polar surface area (TPSA) is 90.4 Å². The number of carboxylic acid groups (broad SMARTS) is 1. The van der Waals surface area contributed by atoms with E-state index in [1.165, 1.54) is 24.3 Å². The molecular weight excluding hydrogens is 399 g/mol. The van der Waals surface area contributed by atoms with Crippen molar-refractivity contribution < 1.29 is 23.1 Å². The van der Waals surface area contributed by atoms with Crippen LogP contribution in [0.5, 0.6) is 0 Å². The number of anilines is 3. The van der Waals surface area contributed by atoms with E-state index >= 15 is 0 Å². The summed E-state index contributed by atoms with van der Waals surface area (Å²) in [5, 5.41) is 14.7. The molecule has 0 spiro atoms. The zero-order valence-electron chi connectivity index (χ0n) is 16.7. The van der Waals surface area contributed by atoms with Crippen molar-refractivity contribution in [1.29, 1.82) is 0 Å². The first kappa shape index (κ1) is 21.8. The van der Waals surface area contributed by atoms with Crippen molar-refractivity contribution in [1.82, 2.24) is 14.9 Å². The van der Waals surface area contributed by atoms with Gasteiger partial charge in [-0.1, -0.05) is 0 Å². The van der Waals surface area contributed by atoms with Gasteiger partial charge in [-0.3, -0.25) is 0 Å². The van der Waals surface area contributed by atoms with Crippen molar-refractivity contribution in [3.63, 3.8) is 0 Å². The van der Waals surface area contributed by atoms with E-state index in [4.69, 9.17) is 5.11 Å². The number of aromatic carboxylic acids is 1. The predicted molar refractivity (Wildman–Crippen MR) is 107 cm³/mol. The summed E-state index contributed by atoms with van der Waals surface area (Å²) in [7, 11) is 4.01. The summed E-state index contributed by atoms with van der Waals surface area (Å²) in [6, 6.07) is 6.11. The number of hydrogen-bond donors (Lipinski definition) is 3. The van der Waals surface area contributed by atoms with E-state index in [-0.39, 0.29) is 23.4 Å². The van der Waals surface area contributed by atoms with Crippen molar-refractivity contribution in [2.24, 2.45) is 0 Å². The van der Waals surface area contributed by atoms with Gasteiger partial charge in [-0.2, -0.15) is 18.2 Å². The number of carbonyl (C=O) groups is 1. The molecule has 7 nitrogen and oxygen atoms in total. The highest BCUT2D eigenvalue weighted by Gasteiger charge is 2.36. The van der Waals surface area contributed by atoms with Gasteiger partial charge in [0.15, 0.2) is 0 Å². The Kier molecular flexibility index (Phi) is 6.45. The molecule has 3 rings (SSSR count). The molecule has 1 fully saturated rings. The van der Waals surface area contributed by atoms with Crippen LogP contribution in [0.25, 0.3) is 0 Å². The Hall–Kier alpha value is -2.88. The molecule has 0 radical (unpaired) electrons. The fourth-order valence-corrected chi connectivity index (χ4v) is 3.51. The number of alkyl halides is 3. The maximum absolute atomic E-state index is 13.4. The lowest BCUT2D eigenvalue weighted by Gasteiger charge is -2.33. The lowest BCUT2D eigenvalue weighted by molar-refractivity contribution is -0.137. The summed E-state index contributed by atoms with van der Waals surface area (Å²) >= 11 is 0. The monoisotopic (exact) mass is 423 g/mol. The van der Waals surface area contributed by atoms with Crippen molar-refractivity contribution in [3.05, 3.63) is 41.6 Å². The van der Waals surface area contributed by atoms with Crippen LogP contribution in [-0.2, 0) is 6.18 Å². The first-order valence-corrected chi connectivity index (χ1v) is 9.61. The molecule has 0 amide bonds. The van der Waals surface area contributed by atoms with Gasteiger partial charge in [-0.05, 0) is 64.0 Å². The zero-order valence-corrected chi connectivity index (χ0v) is 16.7. The molecule has 1 heterocycles. The Morgan fingerprint density at radius 1 is 1.13 bits per heavy atom. The standard InChI is InChI=1S/C20H24F3N5O2/c1-28(2)15-9-7-13(8-10-15)25-17-16(20(21,22)23)11-24-19(27-17)26-14-5-3-12(4-6-14)18(29)30/h3-6,11,13,15H,7-10H2,1-2H3,(H,29,30)(H2,24,25,26,27)/t13-,15-. The lowest BCUT2D eigenvalue weighted by atomic mass is 9.90. The molecule has 3 N–H and O–H groups in total. The molecule has 1 aromatic heterocycles. The van der Waals surface area contributed by atoms with Gasteiger partial charge in [-0.25, -0.2) is 9.78 Å². The summed E-state index contributed by atoms with van der Waals surface area (Å²) < 4.78 is 40.3. The first-order chi connectivity index (χ1) is 14.1. The van der Waals surface area contributed by atoms with Crippen molar-refractivity contribution in [2.45, 2.75) is 43.9 Å². The van der Waals surface area contributed by atoms with Crippen LogP contribution in [0.3, 0.4) is 0 Å². The third-order valence-corrected chi connectivity index (χ3v) is 5.25. The van der Waals surface area contributed by atoms with Crippen molar-refractivity contribution >= 4 is 23.4 Å². The highest BCUT2D eigenvalue weighted by molar-refractivity contribution is 5.88. The normalized spacial score (nSPS) is 19.5. The van der Waals surface area contributed by atoms with Crippen LogP contribution in [0, 0.1) is 0 Å². The van der Waals surface area contributed by atoms with Crippen LogP contribution in [0.2, 0.25) is 0 Å². The number of nitrogens with zero attached hydrogens (tertiary/aromatic N) is 3. The molecule has 162 valence electrons. The molecule has 1 aromatic carbocycles. The quantitative estimate of drug-likeness (QED) is 0.641. The largest absolute Gasteiger partial charge is 0.478 e. The summed E-state index contributed by atoms with van der Waals surface area (Å²) in [5.41, 5.74) is -0.342. The average molecular weight is 423 g/mol. The second-order valence-corrected chi connectivity index (χ2v) is 7.57. The van der Waals surface area contributed by atoms with Gasteiger partial charge in [0, 0.05) is 24.0 Å². The molecular formula is C20H24F3N5O2. The van der Waals surface area contributed by atoms with E-state index < -0.39 is 17.7 Å². The van der Waals surface area contributed by atoms with Gasteiger partial charge in [0.1, 0.15) is 11.4 Å². The SMILES string of the molecule is CN(C)[C@H]1CC[C@H](Nc2nc(Nc3ccc(C(=O)O)cc3)ncc2C(F)(F)F)CC1. The summed E-state index contributed by atoms with van der Waals surface area (Å²) in [5.74, 6) is -1.33. The summed E-state index contributed by atoms with van der Waals surface area (Å²) in [4.78, 5) is 20.9. The molecule has 0 atom stereocenters. The molecule has 1 aliphatic rings. The minimum atomic E-state index is -4.58. The van der Waals surface area contributed by atoms with Gasteiger partial charge in [0.05, 0.1) is 5.56 Å². The first-order valence-electron chi connectivity index (χ1n) is 9.61. The molecule has 0 saturated heterocycles. The fraction of sp³-hybridized carbons (Fsp3) is 0.450. The Bertz CT molecular complexity index is 879. The number of carboxylic acids is 1. The van der Waals surface area contributed by atoms with Gasteiger partial charge >= 0.3 is 12.1 Å². The van der Waals surface area contributed by atoms with E-state index in [1.54, 1.807) is 0 Å². The minimum Gasteiger partial charge on any atom is -0.478 e. The zero-order chi connectivity index (χ0) is 21.9. The molecule has 1 saturated carbocycles. The van der Waals surface area contributed by atoms with E-state index in [0.717, 1.165) is 31.9 Å². The lowest BCUT2D eigenvalue weighted by Crippen LogP contribution is -2.36. The third kappa shape index (κ3) is 5.38. The molecule has 1 aliphatic carbocycles. The molecule has 0 unspecified atom stereocenters. The predicted octanol–water partition coefficient (Wildman–Crippen LogP) is 4.22. The van der Waals surface area contributed by atoms with Gasteiger partial charge < -0.3 is 20.6 Å². The molecule has 10 heteroatoms. The van der Waals surface area contributed by atoms with Crippen LogP contribution in [0.15, 0.2) is 30.5 Å². The minimum absolute atomic E-state index is 0.00412. The number of benzene rings is 1. The maximum Gasteiger partial charge on any atom is 0.421 e. The molecule has 0 bridgehead atoms. The van der Waals surface area contributed by atoms with Crippen LogP contribution in [0.1, 0.15) is 41.6 Å². The second kappa shape index (κ2) is 8.86. The number of hydrogen-bond acceptors (Lipinski definition) is 6. The van der Waals surface area contributed by atoms with Crippen LogP contribution in [-0.4, -0.2) is 52.1 Å². The van der Waals surface area contributed by atoms with Crippen LogP contribution < -0.4 is 10.6 Å². The number of rotatable bonds is 6. The van der Waals surface area contributed by atoms with E-state index in [2.05, 4.69) is 25.5 Å². The van der Waals surface area contributed by atoms with Gasteiger partial charge in [0.25, 0.3) is 0 Å². The maximum atomic E-state index is 13.4. The third-order valence-electron chi connectivity index (χ3n) is 5.25. The van der Waals surface area contributed by atoms with E-state index in [0.29, 0.717) is 11.7 Å². The highest BCUT2D eigenvalue weighted by atomic mass is 19.4. The van der Waals surface area contributed by atoms with Crippen LogP contribution >= 0.6 is 0 Å². The number of halogens is 3. The van der Waals surface area contributed by atoms with Crippen molar-refractivity contribution in [2.75, 3.05) is 24.7 Å². The average Bonchev–Trinajstić information content (AvgIpc) is 2.68. The number of nitrogens with one attached hydrogen (secondary N) is 2. The number of aromatic nitrogens is 2. The Labute approximate surface area is 172 Å². The van der Waals surface area contributed by atoms with Gasteiger partial charge in [-0.15, -0.1) is 0 Å². The fourth-order valence-electron chi connectivity index (χ4n) is 3.51. The van der Waals surface area contributed by atoms with E-state index in [9.17, 15) is 18.0 Å². The Morgan fingerprint density at radius 3 is 2.30 bits per heavy atom. The highest BCUT2D eigenvalue weighted by Crippen LogP contribution is 2.35. The summed E-state index contributed by atoms with van der Waals surface area (Å²) in [6.07, 6.45) is -0.511. The van der Waals surface area contributed by atoms with Crippen LogP contribution in [0.4, 0.5) is 30.6 Å². The molecule has 30 heavy (non-hydrogen) atoms. The Morgan fingerprint density at radius 2 is 1.77 bits per heavy atom. The van der Waals surface area contributed by atoms with Gasteiger partial charge in [0.2, 0.25) is 5.95 Å². The molecule has 2 aromatic rings. The van der Waals surface area contributed by atoms with E-state index in [1.807, 2.05) is 14.1 Å². The second-order valence-electron chi connectivity index (χ2n) is 7.57. The van der Waals surface area contributed by atoms with Crippen molar-refractivity contribution in [3.8, 4) is 0 Å². The Balaban J connectivity index is 1.77.